The third-order valence-electron chi connectivity index (χ3n) is 6.46. The molecule has 1 amide bonds. The molecular formula is C24H21F3N4O3. The average molecular weight is 470 g/mol. The van der Waals surface area contributed by atoms with E-state index in [-0.39, 0.29) is 11.7 Å². The Labute approximate surface area is 193 Å². The summed E-state index contributed by atoms with van der Waals surface area (Å²) in [5.74, 6) is -0.101. The van der Waals surface area contributed by atoms with Crippen LogP contribution in [0.5, 0.6) is 5.75 Å². The molecule has 5 rings (SSSR count). The summed E-state index contributed by atoms with van der Waals surface area (Å²) in [7, 11) is 0. The van der Waals surface area contributed by atoms with Crippen molar-refractivity contribution in [3.8, 4) is 11.8 Å². The van der Waals surface area contributed by atoms with E-state index in [1.165, 1.54) is 29.2 Å². The number of ether oxygens (including phenoxy) is 2. The Hall–Kier alpha value is -3.74. The molecule has 1 aliphatic carbocycles. The Morgan fingerprint density at radius 1 is 1.24 bits per heavy atom. The second-order valence-electron chi connectivity index (χ2n) is 8.85. The molecule has 2 fully saturated rings. The van der Waals surface area contributed by atoms with E-state index in [2.05, 4.69) is 15.8 Å². The van der Waals surface area contributed by atoms with E-state index in [0.717, 1.165) is 30.3 Å². The molecule has 10 heteroatoms. The van der Waals surface area contributed by atoms with Crippen LogP contribution in [0.2, 0.25) is 0 Å². The van der Waals surface area contributed by atoms with Gasteiger partial charge in [-0.15, -0.1) is 13.2 Å². The summed E-state index contributed by atoms with van der Waals surface area (Å²) in [4.78, 5) is 18.6. The predicted octanol–water partition coefficient (Wildman–Crippen LogP) is 5.39. The molecular weight excluding hydrogens is 449 g/mol. The molecule has 2 atom stereocenters. The lowest BCUT2D eigenvalue weighted by molar-refractivity contribution is -0.274. The van der Waals surface area contributed by atoms with Gasteiger partial charge in [0.2, 0.25) is 0 Å². The van der Waals surface area contributed by atoms with Crippen molar-refractivity contribution in [3.63, 3.8) is 0 Å². The lowest BCUT2D eigenvalue weighted by Crippen LogP contribution is -2.40. The summed E-state index contributed by atoms with van der Waals surface area (Å²) in [5, 5.41) is 9.21. The molecule has 0 radical (unpaired) electrons. The van der Waals surface area contributed by atoms with Crippen molar-refractivity contribution in [2.45, 2.75) is 44.2 Å². The number of benzene rings is 2. The molecule has 0 unspecified atom stereocenters. The fraction of sp³-hybridized carbons (Fsp3) is 0.375. The van der Waals surface area contributed by atoms with Crippen molar-refractivity contribution in [1.82, 2.24) is 9.55 Å². The predicted molar refractivity (Wildman–Crippen MR) is 116 cm³/mol. The number of amides is 1. The summed E-state index contributed by atoms with van der Waals surface area (Å²) in [6, 6.07) is 12.8. The topological polar surface area (TPSA) is 80.4 Å². The average Bonchev–Trinajstić information content (AvgIpc) is 3.33. The number of nitrogens with zero attached hydrogens (tertiary/aromatic N) is 4. The third kappa shape index (κ3) is 4.38. The van der Waals surface area contributed by atoms with Gasteiger partial charge in [-0.25, -0.2) is 9.78 Å². The van der Waals surface area contributed by atoms with Gasteiger partial charge in [-0.3, -0.25) is 4.90 Å². The van der Waals surface area contributed by atoms with Crippen molar-refractivity contribution in [2.75, 3.05) is 11.4 Å². The van der Waals surface area contributed by atoms with E-state index in [0.29, 0.717) is 30.8 Å². The minimum Gasteiger partial charge on any atom is -0.441 e. The maximum atomic E-state index is 12.7. The van der Waals surface area contributed by atoms with Crippen LogP contribution in [0.4, 0.5) is 23.7 Å². The second-order valence-corrected chi connectivity index (χ2v) is 8.85. The molecule has 2 heterocycles. The van der Waals surface area contributed by atoms with Crippen LogP contribution in [0.1, 0.15) is 31.2 Å². The van der Waals surface area contributed by atoms with Gasteiger partial charge in [-0.05, 0) is 74.1 Å². The van der Waals surface area contributed by atoms with Crippen molar-refractivity contribution >= 4 is 22.8 Å². The highest BCUT2D eigenvalue weighted by molar-refractivity contribution is 5.90. The van der Waals surface area contributed by atoms with E-state index >= 15 is 0 Å². The molecule has 1 aliphatic heterocycles. The van der Waals surface area contributed by atoms with Crippen molar-refractivity contribution in [3.05, 3.63) is 54.4 Å². The number of hydrogen-bond donors (Lipinski definition) is 0. The lowest BCUT2D eigenvalue weighted by Gasteiger charge is -2.36. The van der Waals surface area contributed by atoms with Gasteiger partial charge < -0.3 is 14.0 Å². The Morgan fingerprint density at radius 3 is 2.76 bits per heavy atom. The van der Waals surface area contributed by atoms with Gasteiger partial charge in [0.25, 0.3) is 0 Å². The normalized spacial score (nSPS) is 22.7. The monoisotopic (exact) mass is 470 g/mol. The van der Waals surface area contributed by atoms with E-state index in [1.807, 2.05) is 16.7 Å². The number of rotatable bonds is 4. The van der Waals surface area contributed by atoms with Crippen LogP contribution in [0, 0.1) is 17.2 Å². The van der Waals surface area contributed by atoms with E-state index in [1.54, 1.807) is 12.4 Å². The first-order valence-electron chi connectivity index (χ1n) is 10.9. The first-order valence-corrected chi connectivity index (χ1v) is 10.9. The SMILES string of the molecule is N#Cc1ccc2ncn(C[C@H]3CCC[C@]4(C3)CN(c3ccc(OC(F)(F)F)cc3)C(=O)O4)c2c1. The van der Waals surface area contributed by atoms with Crippen LogP contribution < -0.4 is 9.64 Å². The molecule has 0 N–H and O–H groups in total. The van der Waals surface area contributed by atoms with Crippen LogP contribution in [0.25, 0.3) is 11.0 Å². The molecule has 1 saturated carbocycles. The minimum atomic E-state index is -4.77. The van der Waals surface area contributed by atoms with Crippen LogP contribution in [-0.2, 0) is 11.3 Å². The molecule has 176 valence electrons. The zero-order chi connectivity index (χ0) is 23.9. The first kappa shape index (κ1) is 22.1. The fourth-order valence-electron chi connectivity index (χ4n) is 5.03. The highest BCUT2D eigenvalue weighted by Gasteiger charge is 2.48. The van der Waals surface area contributed by atoms with Gasteiger partial charge in [0.15, 0.2) is 0 Å². The molecule has 1 spiro atoms. The number of imidazole rings is 1. The number of alkyl halides is 3. The Morgan fingerprint density at radius 2 is 2.03 bits per heavy atom. The van der Waals surface area contributed by atoms with Gasteiger partial charge >= 0.3 is 12.5 Å². The zero-order valence-electron chi connectivity index (χ0n) is 18.1. The molecule has 3 aromatic rings. The smallest absolute Gasteiger partial charge is 0.441 e. The first-order chi connectivity index (χ1) is 16.2. The van der Waals surface area contributed by atoms with Gasteiger partial charge in [0.05, 0.1) is 35.5 Å². The molecule has 34 heavy (non-hydrogen) atoms. The van der Waals surface area contributed by atoms with Crippen molar-refractivity contribution in [1.29, 1.82) is 5.26 Å². The number of carbonyl (C=O) groups is 1. The third-order valence-corrected chi connectivity index (χ3v) is 6.46. The largest absolute Gasteiger partial charge is 0.573 e. The van der Waals surface area contributed by atoms with E-state index in [9.17, 15) is 23.2 Å². The quantitative estimate of drug-likeness (QED) is 0.511. The minimum absolute atomic E-state index is 0.243. The Kier molecular flexibility index (Phi) is 5.35. The van der Waals surface area contributed by atoms with Gasteiger partial charge in [-0.1, -0.05) is 0 Å². The molecule has 7 nitrogen and oxygen atoms in total. The number of aromatic nitrogens is 2. The summed E-state index contributed by atoms with van der Waals surface area (Å²) in [6.07, 6.45) is -0.249. The number of fused-ring (bicyclic) bond motifs is 1. The molecule has 1 aromatic heterocycles. The number of halogens is 3. The van der Waals surface area contributed by atoms with E-state index in [4.69, 9.17) is 4.74 Å². The second kappa shape index (κ2) is 8.24. The Balaban J connectivity index is 1.30. The zero-order valence-corrected chi connectivity index (χ0v) is 18.1. The molecule has 2 aromatic carbocycles. The summed E-state index contributed by atoms with van der Waals surface area (Å²) >= 11 is 0. The van der Waals surface area contributed by atoms with Crippen LogP contribution in [0.15, 0.2) is 48.8 Å². The van der Waals surface area contributed by atoms with Crippen molar-refractivity contribution in [2.24, 2.45) is 5.92 Å². The Bertz CT molecular complexity index is 1270. The number of nitriles is 1. The van der Waals surface area contributed by atoms with Gasteiger partial charge in [0, 0.05) is 12.2 Å². The fourth-order valence-corrected chi connectivity index (χ4v) is 5.03. The summed E-state index contributed by atoms with van der Waals surface area (Å²) in [5.41, 5.74) is 2.10. The number of anilines is 1. The molecule has 2 aliphatic rings. The maximum absolute atomic E-state index is 12.7. The molecule has 0 bridgehead atoms. The van der Waals surface area contributed by atoms with Gasteiger partial charge in [-0.2, -0.15) is 5.26 Å². The summed E-state index contributed by atoms with van der Waals surface area (Å²) in [6.45, 7) is 1.03. The lowest BCUT2D eigenvalue weighted by atomic mass is 9.78. The van der Waals surface area contributed by atoms with Crippen molar-refractivity contribution < 1.29 is 27.4 Å². The van der Waals surface area contributed by atoms with E-state index < -0.39 is 18.1 Å². The maximum Gasteiger partial charge on any atom is 0.573 e. The summed E-state index contributed by atoms with van der Waals surface area (Å²) < 4.78 is 49.0. The van der Waals surface area contributed by atoms with Crippen LogP contribution in [-0.4, -0.2) is 34.2 Å². The number of carbonyl (C=O) groups excluding carboxylic acids is 1. The molecule has 1 saturated heterocycles. The van der Waals surface area contributed by atoms with Crippen LogP contribution >= 0.6 is 0 Å². The van der Waals surface area contributed by atoms with Crippen LogP contribution in [0.3, 0.4) is 0 Å². The highest BCUT2D eigenvalue weighted by atomic mass is 19.4. The number of hydrogen-bond acceptors (Lipinski definition) is 5. The standard InChI is InChI=1S/C24H21F3N4O3/c25-24(26,27)33-19-6-4-18(5-7-19)31-14-23(34-22(31)32)9-1-2-17(11-23)13-30-15-29-20-8-3-16(12-28)10-21(20)30/h3-8,10,15,17H,1-2,9,11,13-14H2/t17-,23-/m0/s1. The highest BCUT2D eigenvalue weighted by Crippen LogP contribution is 2.42. The van der Waals surface area contributed by atoms with Gasteiger partial charge in [0.1, 0.15) is 11.4 Å².